The summed E-state index contributed by atoms with van der Waals surface area (Å²) in [6, 6.07) is 26.5. The van der Waals surface area contributed by atoms with Crippen LogP contribution in [0.15, 0.2) is 103 Å². The Morgan fingerprint density at radius 1 is 0.829 bits per heavy atom. The monoisotopic (exact) mass is 597 g/mol. The molecule has 0 radical (unpaired) electrons. The molecule has 0 bridgehead atoms. The summed E-state index contributed by atoms with van der Waals surface area (Å²) in [6.45, 7) is 0. The molecular weight excluding hydrogens is 570 g/mol. The second kappa shape index (κ2) is 12.3. The zero-order chi connectivity index (χ0) is 29.0. The van der Waals surface area contributed by atoms with Gasteiger partial charge in [0.15, 0.2) is 0 Å². The molecule has 1 heterocycles. The minimum absolute atomic E-state index is 0.0604. The van der Waals surface area contributed by atoms with Crippen molar-refractivity contribution in [2.24, 2.45) is 0 Å². The SMILES string of the molecule is O=C(NC(Cc1ccc(C(F)(F)F)cc1)C(O)c1ccc(F)cc1)c1ccc(C2(c3ccccc3)SCCS2)cc1. The van der Waals surface area contributed by atoms with Crippen LogP contribution in [0.2, 0.25) is 0 Å². The maximum absolute atomic E-state index is 13.5. The molecular formula is C32H27F4NO2S2. The lowest BCUT2D eigenvalue weighted by Gasteiger charge is -2.29. The van der Waals surface area contributed by atoms with Crippen molar-refractivity contribution in [2.75, 3.05) is 11.5 Å². The number of carbonyl (C=O) groups excluding carboxylic acids is 1. The Kier molecular flexibility index (Phi) is 8.77. The van der Waals surface area contributed by atoms with Gasteiger partial charge in [0, 0.05) is 17.1 Å². The lowest BCUT2D eigenvalue weighted by molar-refractivity contribution is -0.137. The molecule has 2 unspecified atom stereocenters. The number of thioether (sulfide) groups is 2. The summed E-state index contributed by atoms with van der Waals surface area (Å²) in [4.78, 5) is 13.4. The highest BCUT2D eigenvalue weighted by molar-refractivity contribution is 8.20. The van der Waals surface area contributed by atoms with Gasteiger partial charge in [-0.25, -0.2) is 4.39 Å². The zero-order valence-corrected chi connectivity index (χ0v) is 23.4. The lowest BCUT2D eigenvalue weighted by Crippen LogP contribution is -2.41. The molecule has 9 heteroatoms. The second-order valence-electron chi connectivity index (χ2n) is 9.73. The van der Waals surface area contributed by atoms with Crippen LogP contribution in [0.3, 0.4) is 0 Å². The van der Waals surface area contributed by atoms with E-state index in [0.29, 0.717) is 16.7 Å². The molecule has 3 nitrogen and oxygen atoms in total. The van der Waals surface area contributed by atoms with Gasteiger partial charge < -0.3 is 10.4 Å². The highest BCUT2D eigenvalue weighted by Gasteiger charge is 2.39. The van der Waals surface area contributed by atoms with Crippen molar-refractivity contribution in [3.05, 3.63) is 142 Å². The van der Waals surface area contributed by atoms with E-state index in [2.05, 4.69) is 17.4 Å². The Balaban J connectivity index is 1.38. The molecule has 41 heavy (non-hydrogen) atoms. The minimum atomic E-state index is -4.47. The van der Waals surface area contributed by atoms with E-state index in [0.717, 1.165) is 29.2 Å². The average molecular weight is 598 g/mol. The van der Waals surface area contributed by atoms with E-state index < -0.39 is 35.6 Å². The number of amides is 1. The van der Waals surface area contributed by atoms with Gasteiger partial charge in [-0.05, 0) is 65.1 Å². The van der Waals surface area contributed by atoms with Crippen molar-refractivity contribution < 1.29 is 27.5 Å². The second-order valence-corrected chi connectivity index (χ2v) is 12.6. The Hall–Kier alpha value is -3.27. The van der Waals surface area contributed by atoms with Crippen LogP contribution in [-0.2, 0) is 16.7 Å². The molecule has 1 amide bonds. The third-order valence-electron chi connectivity index (χ3n) is 7.02. The van der Waals surface area contributed by atoms with Gasteiger partial charge in [-0.3, -0.25) is 4.79 Å². The van der Waals surface area contributed by atoms with Crippen LogP contribution < -0.4 is 5.32 Å². The van der Waals surface area contributed by atoms with Crippen molar-refractivity contribution in [1.82, 2.24) is 5.32 Å². The van der Waals surface area contributed by atoms with Crippen LogP contribution in [0.1, 0.15) is 44.3 Å². The topological polar surface area (TPSA) is 49.3 Å². The van der Waals surface area contributed by atoms with E-state index in [9.17, 15) is 27.5 Å². The fourth-order valence-electron chi connectivity index (χ4n) is 4.88. The largest absolute Gasteiger partial charge is 0.416 e. The first kappa shape index (κ1) is 29.2. The van der Waals surface area contributed by atoms with Gasteiger partial charge in [-0.2, -0.15) is 13.2 Å². The fourth-order valence-corrected chi connectivity index (χ4v) is 8.17. The third-order valence-corrected chi connectivity index (χ3v) is 10.6. The van der Waals surface area contributed by atoms with Crippen molar-refractivity contribution in [3.8, 4) is 0 Å². The van der Waals surface area contributed by atoms with Gasteiger partial charge in [0.1, 0.15) is 9.90 Å². The standard InChI is InChI=1S/C32H27F4NO2S2/c33-27-16-10-22(11-17-27)29(38)28(20-21-6-12-26(13-7-21)32(34,35)36)37-30(39)23-8-14-25(15-9-23)31(40-18-19-41-31)24-4-2-1-3-5-24/h1-17,28-29,38H,18-20H2,(H,37,39). The Labute approximate surface area is 244 Å². The molecule has 4 aromatic rings. The summed E-state index contributed by atoms with van der Waals surface area (Å²) in [5, 5.41) is 14.0. The molecule has 2 atom stereocenters. The van der Waals surface area contributed by atoms with Gasteiger partial charge in [0.05, 0.1) is 17.7 Å². The fraction of sp³-hybridized carbons (Fsp3) is 0.219. The molecule has 2 N–H and O–H groups in total. The summed E-state index contributed by atoms with van der Waals surface area (Å²) >= 11 is 3.72. The molecule has 1 aliphatic rings. The summed E-state index contributed by atoms with van der Waals surface area (Å²) in [5.41, 5.74) is 2.73. The van der Waals surface area contributed by atoms with Gasteiger partial charge in [-0.1, -0.05) is 66.7 Å². The average Bonchev–Trinajstić information content (AvgIpc) is 3.49. The minimum Gasteiger partial charge on any atom is -0.386 e. The predicted octanol–water partition coefficient (Wildman–Crippen LogP) is 7.60. The molecule has 0 spiro atoms. The smallest absolute Gasteiger partial charge is 0.386 e. The normalized spacial score (nSPS) is 16.2. The van der Waals surface area contributed by atoms with Crippen LogP contribution in [0.5, 0.6) is 0 Å². The van der Waals surface area contributed by atoms with E-state index in [4.69, 9.17) is 0 Å². The maximum Gasteiger partial charge on any atom is 0.416 e. The molecule has 0 aromatic heterocycles. The quantitative estimate of drug-likeness (QED) is 0.206. The first-order valence-corrected chi connectivity index (χ1v) is 15.0. The van der Waals surface area contributed by atoms with Crippen LogP contribution in [0, 0.1) is 5.82 Å². The van der Waals surface area contributed by atoms with Crippen molar-refractivity contribution in [1.29, 1.82) is 0 Å². The predicted molar refractivity (Wildman–Crippen MR) is 156 cm³/mol. The van der Waals surface area contributed by atoms with Gasteiger partial charge in [0.2, 0.25) is 0 Å². The van der Waals surface area contributed by atoms with Crippen LogP contribution in [0.4, 0.5) is 17.6 Å². The van der Waals surface area contributed by atoms with E-state index >= 15 is 0 Å². The van der Waals surface area contributed by atoms with E-state index in [1.54, 1.807) is 12.1 Å². The Morgan fingerprint density at radius 3 is 2.00 bits per heavy atom. The van der Waals surface area contributed by atoms with E-state index in [1.807, 2.05) is 53.9 Å². The Morgan fingerprint density at radius 2 is 1.41 bits per heavy atom. The third kappa shape index (κ3) is 6.63. The van der Waals surface area contributed by atoms with E-state index in [1.165, 1.54) is 42.0 Å². The molecule has 4 aromatic carbocycles. The first-order valence-electron chi connectivity index (χ1n) is 13.0. The highest BCUT2D eigenvalue weighted by atomic mass is 32.2. The van der Waals surface area contributed by atoms with Crippen LogP contribution >= 0.6 is 23.5 Å². The number of aliphatic hydroxyl groups is 1. The molecule has 1 saturated heterocycles. The molecule has 0 aliphatic carbocycles. The number of nitrogens with one attached hydrogen (secondary N) is 1. The molecule has 0 saturated carbocycles. The van der Waals surface area contributed by atoms with E-state index in [-0.39, 0.29) is 10.5 Å². The van der Waals surface area contributed by atoms with Gasteiger partial charge in [0.25, 0.3) is 5.91 Å². The summed E-state index contributed by atoms with van der Waals surface area (Å²) in [5.74, 6) is 1.11. The molecule has 1 aliphatic heterocycles. The maximum atomic E-state index is 13.5. The summed E-state index contributed by atoms with van der Waals surface area (Å²) < 4.78 is 52.4. The number of halogens is 4. The molecule has 1 fully saturated rings. The van der Waals surface area contributed by atoms with Gasteiger partial charge in [-0.15, -0.1) is 23.5 Å². The van der Waals surface area contributed by atoms with Crippen molar-refractivity contribution in [2.45, 2.75) is 28.8 Å². The van der Waals surface area contributed by atoms with Crippen LogP contribution in [0.25, 0.3) is 0 Å². The lowest BCUT2D eigenvalue weighted by atomic mass is 9.95. The number of alkyl halides is 3. The number of rotatable bonds is 8. The number of hydrogen-bond acceptors (Lipinski definition) is 4. The first-order chi connectivity index (χ1) is 19.7. The Bertz CT molecular complexity index is 1460. The number of aliphatic hydroxyl groups excluding tert-OH is 1. The van der Waals surface area contributed by atoms with Crippen molar-refractivity contribution in [3.63, 3.8) is 0 Å². The highest BCUT2D eigenvalue weighted by Crippen LogP contribution is 2.56. The van der Waals surface area contributed by atoms with Crippen LogP contribution in [-0.4, -0.2) is 28.6 Å². The van der Waals surface area contributed by atoms with Gasteiger partial charge >= 0.3 is 6.18 Å². The molecule has 5 rings (SSSR count). The zero-order valence-electron chi connectivity index (χ0n) is 21.8. The summed E-state index contributed by atoms with van der Waals surface area (Å²) in [7, 11) is 0. The number of benzene rings is 4. The van der Waals surface area contributed by atoms with Crippen molar-refractivity contribution >= 4 is 29.4 Å². The molecule has 212 valence electrons. The summed E-state index contributed by atoms with van der Waals surface area (Å²) in [6.07, 6.45) is -5.64. The number of hydrogen-bond donors (Lipinski definition) is 2. The number of carbonyl (C=O) groups is 1.